The minimum absolute atomic E-state index is 0.0143. The standard InChI is InChI=1S/C26H27Cl4N3O5S/c1-3-37-21(34)10-7-12-33(39(35,36)20-8-5-4-6-9-20)18-14-17(2)15-19(16-18)38-13-11-31-24-22(27)25(29)32-26(30)23(24)28/h4-6,8-9,14-16H,3,7,10-13H2,1-2H3,(H,31,32). The third-order valence-electron chi connectivity index (χ3n) is 5.37. The molecule has 39 heavy (non-hydrogen) atoms. The molecule has 0 saturated heterocycles. The number of aryl methyl sites for hydroxylation is 1. The number of anilines is 2. The van der Waals surface area contributed by atoms with Gasteiger partial charge in [0.25, 0.3) is 10.0 Å². The molecule has 1 N–H and O–H groups in total. The van der Waals surface area contributed by atoms with Gasteiger partial charge in [-0.2, -0.15) is 0 Å². The molecule has 0 unspecified atom stereocenters. The second-order valence-corrected chi connectivity index (χ2v) is 11.6. The smallest absolute Gasteiger partial charge is 0.305 e. The molecule has 210 valence electrons. The summed E-state index contributed by atoms with van der Waals surface area (Å²) in [6.45, 7) is 4.35. The minimum Gasteiger partial charge on any atom is -0.492 e. The number of hydrogen-bond acceptors (Lipinski definition) is 7. The summed E-state index contributed by atoms with van der Waals surface area (Å²) in [6.07, 6.45) is 0.362. The monoisotopic (exact) mass is 633 g/mol. The van der Waals surface area contributed by atoms with Crippen LogP contribution >= 0.6 is 46.4 Å². The maximum Gasteiger partial charge on any atom is 0.305 e. The summed E-state index contributed by atoms with van der Waals surface area (Å²) in [5, 5.41) is 3.33. The highest BCUT2D eigenvalue weighted by Crippen LogP contribution is 2.38. The number of sulfonamides is 1. The Balaban J connectivity index is 1.79. The lowest BCUT2D eigenvalue weighted by Crippen LogP contribution is -2.32. The fourth-order valence-electron chi connectivity index (χ4n) is 3.65. The number of ether oxygens (including phenoxy) is 2. The van der Waals surface area contributed by atoms with E-state index in [0.717, 1.165) is 5.56 Å². The normalized spacial score (nSPS) is 11.2. The number of nitrogens with one attached hydrogen (secondary N) is 1. The lowest BCUT2D eigenvalue weighted by Gasteiger charge is -2.25. The van der Waals surface area contributed by atoms with E-state index >= 15 is 0 Å². The zero-order valence-corrected chi connectivity index (χ0v) is 25.1. The van der Waals surface area contributed by atoms with Crippen LogP contribution in [-0.4, -0.2) is 45.7 Å². The summed E-state index contributed by atoms with van der Waals surface area (Å²) < 4.78 is 39.4. The van der Waals surface area contributed by atoms with Gasteiger partial charge in [-0.15, -0.1) is 0 Å². The van der Waals surface area contributed by atoms with Crippen molar-refractivity contribution < 1.29 is 22.7 Å². The van der Waals surface area contributed by atoms with Crippen LogP contribution in [0.4, 0.5) is 11.4 Å². The maximum absolute atomic E-state index is 13.6. The second kappa shape index (κ2) is 14.3. The number of rotatable bonds is 13. The van der Waals surface area contributed by atoms with Gasteiger partial charge < -0.3 is 14.8 Å². The van der Waals surface area contributed by atoms with Crippen LogP contribution in [0, 0.1) is 6.92 Å². The third kappa shape index (κ3) is 8.28. The summed E-state index contributed by atoms with van der Waals surface area (Å²) in [6, 6.07) is 13.3. The number of halogens is 4. The quantitative estimate of drug-likeness (QED) is 0.122. The Labute approximate surface area is 248 Å². The van der Waals surface area contributed by atoms with E-state index < -0.39 is 10.0 Å². The van der Waals surface area contributed by atoms with E-state index in [2.05, 4.69) is 10.3 Å². The molecule has 0 fully saturated rings. The van der Waals surface area contributed by atoms with Crippen molar-refractivity contribution in [3.05, 3.63) is 74.4 Å². The number of carbonyl (C=O) groups excluding carboxylic acids is 1. The SMILES string of the molecule is CCOC(=O)CCCN(c1cc(C)cc(OCCNc2c(Cl)c(Cl)nc(Cl)c2Cl)c1)S(=O)(=O)c1ccccc1. The number of esters is 1. The molecular weight excluding hydrogens is 608 g/mol. The first-order valence-corrected chi connectivity index (χ1v) is 14.9. The Hall–Kier alpha value is -2.43. The van der Waals surface area contributed by atoms with Gasteiger partial charge >= 0.3 is 5.97 Å². The fourth-order valence-corrected chi connectivity index (χ4v) is 6.02. The summed E-state index contributed by atoms with van der Waals surface area (Å²) in [5.74, 6) is 0.0701. The van der Waals surface area contributed by atoms with E-state index in [1.807, 2.05) is 6.92 Å². The van der Waals surface area contributed by atoms with Crippen molar-refractivity contribution in [2.24, 2.45) is 0 Å². The maximum atomic E-state index is 13.6. The predicted octanol–water partition coefficient (Wildman–Crippen LogP) is 7.03. The number of nitrogens with zero attached hydrogens (tertiary/aromatic N) is 2. The molecule has 0 spiro atoms. The second-order valence-electron chi connectivity index (χ2n) is 8.27. The highest BCUT2D eigenvalue weighted by molar-refractivity contribution is 7.92. The van der Waals surface area contributed by atoms with E-state index in [1.54, 1.807) is 43.3 Å². The molecule has 2 aromatic carbocycles. The van der Waals surface area contributed by atoms with Gasteiger partial charge in [-0.25, -0.2) is 13.4 Å². The van der Waals surface area contributed by atoms with Crippen LogP contribution in [0.1, 0.15) is 25.3 Å². The van der Waals surface area contributed by atoms with Gasteiger partial charge in [0.1, 0.15) is 22.4 Å². The Bertz CT molecular complexity index is 1380. The largest absolute Gasteiger partial charge is 0.492 e. The molecule has 1 aromatic heterocycles. The van der Waals surface area contributed by atoms with Crippen LogP contribution in [0.15, 0.2) is 53.4 Å². The van der Waals surface area contributed by atoms with E-state index in [1.165, 1.54) is 16.4 Å². The summed E-state index contributed by atoms with van der Waals surface area (Å²) >= 11 is 24.3. The van der Waals surface area contributed by atoms with Gasteiger partial charge in [0, 0.05) is 25.6 Å². The van der Waals surface area contributed by atoms with Crippen molar-refractivity contribution in [2.45, 2.75) is 31.6 Å². The van der Waals surface area contributed by atoms with Crippen LogP contribution in [0.2, 0.25) is 20.4 Å². The molecule has 3 rings (SSSR count). The van der Waals surface area contributed by atoms with Crippen molar-refractivity contribution in [1.29, 1.82) is 0 Å². The average Bonchev–Trinajstić information content (AvgIpc) is 2.89. The fraction of sp³-hybridized carbons (Fsp3) is 0.308. The van der Waals surface area contributed by atoms with E-state index in [-0.39, 0.29) is 70.4 Å². The third-order valence-corrected chi connectivity index (χ3v) is 8.69. The van der Waals surface area contributed by atoms with Crippen LogP contribution < -0.4 is 14.4 Å². The number of pyridine rings is 1. The van der Waals surface area contributed by atoms with Gasteiger partial charge in [-0.1, -0.05) is 64.6 Å². The Morgan fingerprint density at radius 3 is 2.33 bits per heavy atom. The lowest BCUT2D eigenvalue weighted by atomic mass is 10.2. The lowest BCUT2D eigenvalue weighted by molar-refractivity contribution is -0.143. The molecule has 1 heterocycles. The summed E-state index contributed by atoms with van der Waals surface area (Å²) in [4.78, 5) is 15.8. The van der Waals surface area contributed by atoms with Gasteiger partial charge in [0.15, 0.2) is 10.3 Å². The molecule has 0 saturated carbocycles. The number of benzene rings is 2. The van der Waals surface area contributed by atoms with Crippen molar-refractivity contribution in [2.75, 3.05) is 35.9 Å². The molecule has 0 aliphatic carbocycles. The van der Waals surface area contributed by atoms with Crippen molar-refractivity contribution in [3.8, 4) is 5.75 Å². The number of hydrogen-bond donors (Lipinski definition) is 1. The molecule has 0 atom stereocenters. The van der Waals surface area contributed by atoms with Crippen molar-refractivity contribution in [3.63, 3.8) is 0 Å². The Kier molecular flexibility index (Phi) is 11.4. The zero-order chi connectivity index (χ0) is 28.6. The molecule has 0 aliphatic rings. The van der Waals surface area contributed by atoms with Gasteiger partial charge in [-0.3, -0.25) is 9.10 Å². The van der Waals surface area contributed by atoms with Gasteiger partial charge in [-0.05, 0) is 50.1 Å². The zero-order valence-electron chi connectivity index (χ0n) is 21.2. The molecule has 0 aliphatic heterocycles. The first-order chi connectivity index (χ1) is 18.5. The molecule has 0 radical (unpaired) electrons. The number of carbonyl (C=O) groups is 1. The first-order valence-electron chi connectivity index (χ1n) is 12.0. The van der Waals surface area contributed by atoms with Crippen molar-refractivity contribution >= 4 is 73.8 Å². The molecule has 0 bridgehead atoms. The van der Waals surface area contributed by atoms with Gasteiger partial charge in [0.2, 0.25) is 0 Å². The molecule has 13 heteroatoms. The van der Waals surface area contributed by atoms with E-state index in [9.17, 15) is 13.2 Å². The van der Waals surface area contributed by atoms with Crippen LogP contribution in [0.5, 0.6) is 5.75 Å². The first kappa shape index (κ1) is 31.1. The predicted molar refractivity (Wildman–Crippen MR) is 156 cm³/mol. The van der Waals surface area contributed by atoms with Crippen molar-refractivity contribution in [1.82, 2.24) is 4.98 Å². The van der Waals surface area contributed by atoms with Crippen LogP contribution in [-0.2, 0) is 19.6 Å². The average molecular weight is 635 g/mol. The minimum atomic E-state index is -3.92. The van der Waals surface area contributed by atoms with Crippen LogP contribution in [0.25, 0.3) is 0 Å². The summed E-state index contributed by atoms with van der Waals surface area (Å²) in [7, 11) is -3.92. The number of aromatic nitrogens is 1. The molecular formula is C26H27Cl4N3O5S. The molecule has 8 nitrogen and oxygen atoms in total. The Morgan fingerprint density at radius 1 is 1.03 bits per heavy atom. The Morgan fingerprint density at radius 2 is 1.69 bits per heavy atom. The molecule has 3 aromatic rings. The van der Waals surface area contributed by atoms with Crippen LogP contribution in [0.3, 0.4) is 0 Å². The van der Waals surface area contributed by atoms with Gasteiger partial charge in [0.05, 0.1) is 22.9 Å². The van der Waals surface area contributed by atoms with E-state index in [4.69, 9.17) is 55.9 Å². The van der Waals surface area contributed by atoms with E-state index in [0.29, 0.717) is 17.1 Å². The highest BCUT2D eigenvalue weighted by Gasteiger charge is 2.25. The summed E-state index contributed by atoms with van der Waals surface area (Å²) in [5.41, 5.74) is 1.52. The highest BCUT2D eigenvalue weighted by atomic mass is 35.5. The topological polar surface area (TPSA) is 97.8 Å². The molecule has 0 amide bonds.